The number of aromatic nitrogens is 2. The van der Waals surface area contributed by atoms with E-state index in [0.717, 1.165) is 0 Å². The Morgan fingerprint density at radius 3 is 2.44 bits per heavy atom. The zero-order valence-corrected chi connectivity index (χ0v) is 23.1. The summed E-state index contributed by atoms with van der Waals surface area (Å²) < 4.78 is 18.8. The molecule has 5 aromatic rings. The van der Waals surface area contributed by atoms with Gasteiger partial charge in [-0.15, -0.1) is 0 Å². The van der Waals surface area contributed by atoms with E-state index in [4.69, 9.17) is 25.5 Å². The summed E-state index contributed by atoms with van der Waals surface area (Å²) in [6, 6.07) is 22.6. The Hall–Kier alpha value is -4.89. The molecule has 1 unspecified atom stereocenters. The monoisotopic (exact) mass is 571 g/mol. The predicted octanol–water partition coefficient (Wildman–Crippen LogP) is 6.27. The lowest BCUT2D eigenvalue weighted by Gasteiger charge is -2.20. The maximum absolute atomic E-state index is 13.7. The van der Waals surface area contributed by atoms with Crippen molar-refractivity contribution < 1.29 is 23.5 Å². The number of nitrogens with one attached hydrogen (secondary N) is 1. The number of para-hydroxylation sites is 2. The molecule has 1 N–H and O–H groups in total. The molecule has 0 aliphatic rings. The van der Waals surface area contributed by atoms with Gasteiger partial charge in [-0.25, -0.2) is 9.48 Å². The normalized spacial score (nSPS) is 11.7. The number of benzene rings is 3. The Morgan fingerprint density at radius 1 is 1.00 bits per heavy atom. The fourth-order valence-corrected chi connectivity index (χ4v) is 4.53. The maximum Gasteiger partial charge on any atom is 0.343 e. The highest BCUT2D eigenvalue weighted by Crippen LogP contribution is 2.36. The van der Waals surface area contributed by atoms with E-state index in [2.05, 4.69) is 10.4 Å². The number of amides is 1. The second-order valence-corrected chi connectivity index (χ2v) is 9.35. The van der Waals surface area contributed by atoms with Gasteiger partial charge in [0.05, 0.1) is 28.9 Å². The van der Waals surface area contributed by atoms with Crippen LogP contribution in [0.2, 0.25) is 5.02 Å². The first-order valence-corrected chi connectivity index (χ1v) is 13.4. The van der Waals surface area contributed by atoms with Gasteiger partial charge in [-0.2, -0.15) is 5.10 Å². The summed E-state index contributed by atoms with van der Waals surface area (Å²) in [7, 11) is 0. The van der Waals surface area contributed by atoms with Crippen LogP contribution in [0.5, 0.6) is 5.75 Å². The van der Waals surface area contributed by atoms with Crippen molar-refractivity contribution in [3.05, 3.63) is 106 Å². The molecule has 0 fully saturated rings. The van der Waals surface area contributed by atoms with Crippen molar-refractivity contribution in [2.75, 3.05) is 11.9 Å². The first kappa shape index (κ1) is 27.7. The lowest BCUT2D eigenvalue weighted by molar-refractivity contribution is -0.122. The number of carbonyl (C=O) groups excluding carboxylic acids is 2. The quantitative estimate of drug-likeness (QED) is 0.207. The SMILES string of the molecule is CCOC(=O)c1cnn(-c2ccccc2)c1NC(=O)C(CC)Oc1c(-c2ccccc2Cl)oc2ccccc2c1=O. The minimum atomic E-state index is -1.14. The number of halogens is 1. The molecule has 1 amide bonds. The van der Waals surface area contributed by atoms with Gasteiger partial charge in [0.25, 0.3) is 5.91 Å². The molecular weight excluding hydrogens is 546 g/mol. The second kappa shape index (κ2) is 12.1. The lowest BCUT2D eigenvalue weighted by Crippen LogP contribution is -2.35. The van der Waals surface area contributed by atoms with Gasteiger partial charge in [0.15, 0.2) is 17.7 Å². The number of hydrogen-bond acceptors (Lipinski definition) is 7. The molecule has 2 aromatic heterocycles. The van der Waals surface area contributed by atoms with E-state index < -0.39 is 23.4 Å². The fourth-order valence-electron chi connectivity index (χ4n) is 4.31. The van der Waals surface area contributed by atoms with Crippen molar-refractivity contribution in [1.82, 2.24) is 9.78 Å². The van der Waals surface area contributed by atoms with Gasteiger partial charge in [0, 0.05) is 5.56 Å². The first-order chi connectivity index (χ1) is 19.9. The van der Waals surface area contributed by atoms with Crippen LogP contribution in [0.15, 0.2) is 94.3 Å². The summed E-state index contributed by atoms with van der Waals surface area (Å²) in [5.41, 5.74) is 1.02. The molecule has 41 heavy (non-hydrogen) atoms. The van der Waals surface area contributed by atoms with Crippen LogP contribution in [-0.2, 0) is 9.53 Å². The van der Waals surface area contributed by atoms with Crippen molar-refractivity contribution in [1.29, 1.82) is 0 Å². The van der Waals surface area contributed by atoms with E-state index in [-0.39, 0.29) is 35.9 Å². The summed E-state index contributed by atoms with van der Waals surface area (Å²) in [6.45, 7) is 3.57. The molecule has 10 heteroatoms. The molecule has 0 saturated heterocycles. The van der Waals surface area contributed by atoms with E-state index in [1.807, 2.05) is 6.07 Å². The Balaban J connectivity index is 1.55. The van der Waals surface area contributed by atoms with Crippen LogP contribution in [0.4, 0.5) is 5.82 Å². The number of hydrogen-bond donors (Lipinski definition) is 1. The maximum atomic E-state index is 13.7. The zero-order chi connectivity index (χ0) is 28.9. The largest absolute Gasteiger partial charge is 0.473 e. The van der Waals surface area contributed by atoms with Gasteiger partial charge in [0.2, 0.25) is 11.2 Å². The molecule has 0 aliphatic carbocycles. The van der Waals surface area contributed by atoms with Gasteiger partial charge in [-0.3, -0.25) is 9.59 Å². The van der Waals surface area contributed by atoms with E-state index in [1.54, 1.807) is 86.6 Å². The lowest BCUT2D eigenvalue weighted by atomic mass is 10.1. The number of ether oxygens (including phenoxy) is 2. The van der Waals surface area contributed by atoms with Crippen LogP contribution < -0.4 is 15.5 Å². The number of anilines is 1. The standard InChI is InChI=1S/C31H26ClN3O6/c1-3-24(30(37)34-29-22(31(38)39-4-2)18-33-35(29)19-12-6-5-7-13-19)40-28-26(36)21-15-9-11-17-25(21)41-27(28)20-14-8-10-16-23(20)32/h5-18,24H,3-4H2,1-2H3,(H,34,37). The van der Waals surface area contributed by atoms with Crippen molar-refractivity contribution in [3.8, 4) is 22.8 Å². The van der Waals surface area contributed by atoms with Crippen LogP contribution in [0.25, 0.3) is 28.0 Å². The third-order valence-corrected chi connectivity index (χ3v) is 6.63. The average molecular weight is 572 g/mol. The number of esters is 1. The van der Waals surface area contributed by atoms with E-state index in [1.165, 1.54) is 10.9 Å². The molecule has 0 spiro atoms. The minimum absolute atomic E-state index is 0.0703. The molecule has 0 bridgehead atoms. The van der Waals surface area contributed by atoms with E-state index in [0.29, 0.717) is 27.2 Å². The van der Waals surface area contributed by atoms with E-state index in [9.17, 15) is 14.4 Å². The summed E-state index contributed by atoms with van der Waals surface area (Å²) in [6.07, 6.45) is 0.374. The van der Waals surface area contributed by atoms with Crippen LogP contribution >= 0.6 is 11.6 Å². The molecule has 5 rings (SSSR count). The molecular formula is C31H26ClN3O6. The number of fused-ring (bicyclic) bond motifs is 1. The third kappa shape index (κ3) is 5.57. The number of carbonyl (C=O) groups is 2. The molecule has 2 heterocycles. The molecule has 0 radical (unpaired) electrons. The molecule has 1 atom stereocenters. The molecule has 0 aliphatic heterocycles. The summed E-state index contributed by atoms with van der Waals surface area (Å²) in [5, 5.41) is 7.72. The average Bonchev–Trinajstić information content (AvgIpc) is 3.41. The van der Waals surface area contributed by atoms with Crippen LogP contribution in [0, 0.1) is 0 Å². The van der Waals surface area contributed by atoms with Gasteiger partial charge in [0.1, 0.15) is 11.1 Å². The van der Waals surface area contributed by atoms with E-state index >= 15 is 0 Å². The molecule has 3 aromatic carbocycles. The van der Waals surface area contributed by atoms with Gasteiger partial charge >= 0.3 is 5.97 Å². The first-order valence-electron chi connectivity index (χ1n) is 13.0. The Bertz CT molecular complexity index is 1780. The van der Waals surface area contributed by atoms with Crippen LogP contribution in [-0.4, -0.2) is 34.4 Å². The Kier molecular flexibility index (Phi) is 8.16. The summed E-state index contributed by atoms with van der Waals surface area (Å²) in [4.78, 5) is 40.0. The number of nitrogens with zero attached hydrogens (tertiary/aromatic N) is 2. The Labute approximate surface area is 240 Å². The van der Waals surface area contributed by atoms with Gasteiger partial charge in [-0.05, 0) is 49.7 Å². The van der Waals surface area contributed by atoms with Gasteiger partial charge < -0.3 is 19.2 Å². The second-order valence-electron chi connectivity index (χ2n) is 8.94. The smallest absolute Gasteiger partial charge is 0.343 e. The third-order valence-electron chi connectivity index (χ3n) is 6.30. The van der Waals surface area contributed by atoms with Crippen LogP contribution in [0.1, 0.15) is 30.6 Å². The van der Waals surface area contributed by atoms with Crippen molar-refractivity contribution >= 4 is 40.3 Å². The molecule has 0 saturated carbocycles. The highest BCUT2D eigenvalue weighted by molar-refractivity contribution is 6.33. The highest BCUT2D eigenvalue weighted by Gasteiger charge is 2.28. The summed E-state index contributed by atoms with van der Waals surface area (Å²) >= 11 is 6.46. The number of rotatable bonds is 9. The summed E-state index contributed by atoms with van der Waals surface area (Å²) in [5.74, 6) is -1.19. The van der Waals surface area contributed by atoms with Crippen molar-refractivity contribution in [2.45, 2.75) is 26.4 Å². The Morgan fingerprint density at radius 2 is 1.71 bits per heavy atom. The zero-order valence-electron chi connectivity index (χ0n) is 22.3. The predicted molar refractivity (Wildman–Crippen MR) is 156 cm³/mol. The fraction of sp³-hybridized carbons (Fsp3) is 0.161. The topological polar surface area (TPSA) is 113 Å². The van der Waals surface area contributed by atoms with Gasteiger partial charge in [-0.1, -0.05) is 61.0 Å². The molecule has 208 valence electrons. The van der Waals surface area contributed by atoms with Crippen molar-refractivity contribution in [3.63, 3.8) is 0 Å². The van der Waals surface area contributed by atoms with Crippen molar-refractivity contribution in [2.24, 2.45) is 0 Å². The van der Waals surface area contributed by atoms with Crippen LogP contribution in [0.3, 0.4) is 0 Å². The molecule has 9 nitrogen and oxygen atoms in total. The minimum Gasteiger partial charge on any atom is -0.473 e. The highest BCUT2D eigenvalue weighted by atomic mass is 35.5.